The van der Waals surface area contributed by atoms with Gasteiger partial charge in [0.2, 0.25) is 21.9 Å². The minimum atomic E-state index is -1.49. The Balaban J connectivity index is 1.70. The summed E-state index contributed by atoms with van der Waals surface area (Å²) in [4.78, 5) is 33.6. The van der Waals surface area contributed by atoms with Crippen LogP contribution in [0.3, 0.4) is 0 Å². The first kappa shape index (κ1) is 27.5. The summed E-state index contributed by atoms with van der Waals surface area (Å²) < 4.78 is 0. The van der Waals surface area contributed by atoms with Crippen LogP contribution in [0.15, 0.2) is 27.5 Å². The van der Waals surface area contributed by atoms with Crippen LogP contribution in [-0.4, -0.2) is 10.9 Å². The molecule has 36 heavy (non-hydrogen) atoms. The molecule has 4 aliphatic rings. The molecule has 0 amide bonds. The lowest BCUT2D eigenvalue weighted by Crippen LogP contribution is -2.52. The highest BCUT2D eigenvalue weighted by Crippen LogP contribution is 2.67. The molecule has 2 saturated carbocycles. The van der Waals surface area contributed by atoms with Crippen molar-refractivity contribution in [2.75, 3.05) is 0 Å². The summed E-state index contributed by atoms with van der Waals surface area (Å²) in [6, 6.07) is -0.682. The van der Waals surface area contributed by atoms with Crippen molar-refractivity contribution in [3.05, 3.63) is 26.4 Å². The fraction of sp³-hybridized carbons (Fsp3) is 0.931. The van der Waals surface area contributed by atoms with Gasteiger partial charge in [-0.25, -0.2) is 0 Å². The third-order valence-corrected chi connectivity index (χ3v) is 10.8. The topological polar surface area (TPSA) is 88.3 Å². The first-order valence-electron chi connectivity index (χ1n) is 14.1. The van der Waals surface area contributed by atoms with Crippen LogP contribution in [0.2, 0.25) is 0 Å². The molecule has 4 aliphatic carbocycles. The van der Waals surface area contributed by atoms with E-state index in [4.69, 9.17) is 0 Å². The van der Waals surface area contributed by atoms with Crippen LogP contribution < -0.4 is 0 Å². The van der Waals surface area contributed by atoms with Gasteiger partial charge >= 0.3 is 0 Å². The number of nitrogens with zero attached hydrogens (tertiary/aromatic N) is 4. The van der Waals surface area contributed by atoms with Crippen molar-refractivity contribution in [1.82, 2.24) is 0 Å². The van der Waals surface area contributed by atoms with E-state index in [1.54, 1.807) is 0 Å². The first-order chi connectivity index (χ1) is 16.4. The van der Waals surface area contributed by atoms with Crippen LogP contribution in [0.25, 0.3) is 0 Å². The molecule has 0 spiro atoms. The molecular weight excluding hydrogens is 452 g/mol. The van der Waals surface area contributed by atoms with Crippen LogP contribution in [0.5, 0.6) is 0 Å². The normalized spacial score (nSPS) is 36.8. The highest BCUT2D eigenvalue weighted by atomic mass is 16.5. The monoisotopic (exact) mass is 501 g/mol. The van der Waals surface area contributed by atoms with E-state index in [0.29, 0.717) is 18.3 Å². The van der Waals surface area contributed by atoms with Crippen molar-refractivity contribution in [1.29, 1.82) is 0 Å². The van der Waals surface area contributed by atoms with Gasteiger partial charge in [-0.15, -0.1) is 0 Å². The van der Waals surface area contributed by atoms with Crippen LogP contribution in [-0.2, 0) is 0 Å². The number of nitroso groups, excluding NO2 is 3. The molecule has 2 fully saturated rings. The van der Waals surface area contributed by atoms with Crippen molar-refractivity contribution in [2.24, 2.45) is 78.9 Å². The van der Waals surface area contributed by atoms with Crippen LogP contribution >= 0.6 is 0 Å². The Morgan fingerprint density at radius 1 is 0.722 bits per heavy atom. The lowest BCUT2D eigenvalue weighted by atomic mass is 9.51. The molecular formula is C29H49N4O3+. The van der Waals surface area contributed by atoms with Crippen molar-refractivity contribution >= 4 is 0 Å². The standard InChI is InChI=1S/C29H49N4O3/c1-26(2,3)22-17-11-12-18(13-17)24(22)28(7,8)16-29(9,10)25-20-14-19(23(25)27(4,5)6)15-21(20)33(30-34,31-35)32-36/h14,17-19,21-25H,11-13,15-16H2,1-10H3/q+1. The second-order valence-corrected chi connectivity index (χ2v) is 16.2. The molecule has 7 nitrogen and oxygen atoms in total. The van der Waals surface area contributed by atoms with Gasteiger partial charge < -0.3 is 0 Å². The van der Waals surface area contributed by atoms with Gasteiger partial charge in [-0.3, -0.25) is 0 Å². The summed E-state index contributed by atoms with van der Waals surface area (Å²) in [5, 5.41) is 8.55. The Morgan fingerprint density at radius 3 is 1.69 bits per heavy atom. The second-order valence-electron chi connectivity index (χ2n) is 16.2. The molecule has 0 radical (unpaired) electrons. The van der Waals surface area contributed by atoms with Gasteiger partial charge in [-0.05, 0) is 94.3 Å². The van der Waals surface area contributed by atoms with Gasteiger partial charge in [0.15, 0.2) is 4.81 Å². The molecule has 4 rings (SSSR count). The SMILES string of the molecule is CC(C)(C)C1C2C=C(C1C(C)(C)CC(C)(C)C1C3CCC(C3)C1C(C)(C)C)C([N+](N=O)(N=O)N=O)C2. The van der Waals surface area contributed by atoms with Gasteiger partial charge in [0.05, 0.1) is 0 Å². The van der Waals surface area contributed by atoms with Crippen molar-refractivity contribution < 1.29 is 4.81 Å². The third kappa shape index (κ3) is 4.12. The maximum Gasteiger partial charge on any atom is 0.219 e. The van der Waals surface area contributed by atoms with E-state index in [-0.39, 0.29) is 33.5 Å². The molecule has 0 aliphatic heterocycles. The fourth-order valence-corrected chi connectivity index (χ4v) is 10.5. The summed E-state index contributed by atoms with van der Waals surface area (Å²) in [6.07, 6.45) is 7.91. The predicted molar refractivity (Wildman–Crippen MR) is 144 cm³/mol. The number of quaternary nitrogens is 1. The largest absolute Gasteiger partial charge is 0.219 e. The van der Waals surface area contributed by atoms with E-state index in [1.165, 1.54) is 19.3 Å². The molecule has 0 aromatic heterocycles. The third-order valence-electron chi connectivity index (χ3n) is 10.8. The van der Waals surface area contributed by atoms with E-state index in [9.17, 15) is 14.7 Å². The minimum Gasteiger partial charge on any atom is -0.0854 e. The van der Waals surface area contributed by atoms with Crippen LogP contribution in [0, 0.1) is 77.8 Å². The number of fused-ring (bicyclic) bond motifs is 3. The fourth-order valence-electron chi connectivity index (χ4n) is 10.5. The van der Waals surface area contributed by atoms with Gasteiger partial charge in [0.25, 0.3) is 0 Å². The maximum atomic E-state index is 11.7. The Kier molecular flexibility index (Phi) is 6.50. The zero-order valence-electron chi connectivity index (χ0n) is 24.2. The summed E-state index contributed by atoms with van der Waals surface area (Å²) >= 11 is 0. The molecule has 0 N–H and O–H groups in total. The Bertz CT molecular complexity index is 919. The average molecular weight is 502 g/mol. The number of hydrogen-bond donors (Lipinski definition) is 0. The molecule has 0 aromatic carbocycles. The molecule has 4 bridgehead atoms. The highest BCUT2D eigenvalue weighted by Gasteiger charge is 2.65. The first-order valence-corrected chi connectivity index (χ1v) is 14.1. The summed E-state index contributed by atoms with van der Waals surface area (Å²) in [6.45, 7) is 23.8. The maximum absolute atomic E-state index is 11.7. The number of rotatable bonds is 8. The molecule has 0 saturated heterocycles. The van der Waals surface area contributed by atoms with E-state index in [0.717, 1.165) is 29.7 Å². The van der Waals surface area contributed by atoms with E-state index >= 15 is 0 Å². The number of hydrogen-bond acceptors (Lipinski definition) is 6. The van der Waals surface area contributed by atoms with Crippen molar-refractivity contribution in [3.8, 4) is 0 Å². The Labute approximate surface area is 217 Å². The summed E-state index contributed by atoms with van der Waals surface area (Å²) in [5.74, 6) is 3.74. The molecule has 202 valence electrons. The number of allylic oxidation sites excluding steroid dienone is 1. The summed E-state index contributed by atoms with van der Waals surface area (Å²) in [7, 11) is 0. The highest BCUT2D eigenvalue weighted by molar-refractivity contribution is 5.32. The zero-order chi connectivity index (χ0) is 27.1. The van der Waals surface area contributed by atoms with Crippen molar-refractivity contribution in [3.63, 3.8) is 0 Å². The quantitative estimate of drug-likeness (QED) is 0.144. The zero-order valence-corrected chi connectivity index (χ0v) is 24.2. The second kappa shape index (κ2) is 8.51. The Hall–Kier alpha value is -1.50. The molecule has 8 unspecified atom stereocenters. The van der Waals surface area contributed by atoms with E-state index < -0.39 is 10.9 Å². The molecule has 8 atom stereocenters. The van der Waals surface area contributed by atoms with Crippen molar-refractivity contribution in [2.45, 2.75) is 107 Å². The lowest BCUT2D eigenvalue weighted by Gasteiger charge is -2.54. The molecule has 0 heterocycles. The minimum absolute atomic E-state index is 0.0355. The van der Waals surface area contributed by atoms with E-state index in [1.807, 2.05) is 0 Å². The summed E-state index contributed by atoms with van der Waals surface area (Å²) in [5.41, 5.74) is 1.36. The predicted octanol–water partition coefficient (Wildman–Crippen LogP) is 8.61. The van der Waals surface area contributed by atoms with Gasteiger partial charge in [0.1, 0.15) is 0 Å². The van der Waals surface area contributed by atoms with E-state index in [2.05, 4.69) is 91.2 Å². The molecule has 0 aromatic rings. The lowest BCUT2D eigenvalue weighted by molar-refractivity contribution is -0.971. The van der Waals surface area contributed by atoms with Crippen LogP contribution in [0.4, 0.5) is 0 Å². The smallest absolute Gasteiger partial charge is 0.0854 e. The molecule has 7 heteroatoms. The van der Waals surface area contributed by atoms with Gasteiger partial charge in [-0.1, -0.05) is 90.0 Å². The van der Waals surface area contributed by atoms with Gasteiger partial charge in [-0.2, -0.15) is 0 Å². The van der Waals surface area contributed by atoms with Gasteiger partial charge in [0, 0.05) is 6.42 Å². The van der Waals surface area contributed by atoms with Crippen LogP contribution in [0.1, 0.15) is 101 Å². The Morgan fingerprint density at radius 2 is 1.22 bits per heavy atom. The average Bonchev–Trinajstić information content (AvgIpc) is 3.52.